The molecule has 84 valence electrons. The zero-order valence-electron chi connectivity index (χ0n) is 9.33. The van der Waals surface area contributed by atoms with Gasteiger partial charge in [-0.05, 0) is 19.1 Å². The van der Waals surface area contributed by atoms with E-state index < -0.39 is 5.41 Å². The average molecular weight is 218 g/mol. The number of fused-ring (bicyclic) bond motifs is 1. The van der Waals surface area contributed by atoms with Crippen molar-refractivity contribution in [3.05, 3.63) is 23.8 Å². The first kappa shape index (κ1) is 10.7. The predicted octanol–water partition coefficient (Wildman–Crippen LogP) is 1.53. The van der Waals surface area contributed by atoms with Crippen LogP contribution in [0, 0.1) is 0 Å². The summed E-state index contributed by atoms with van der Waals surface area (Å²) in [6.45, 7) is 1.80. The second-order valence-electron chi connectivity index (χ2n) is 4.14. The van der Waals surface area contributed by atoms with E-state index in [1.807, 2.05) is 18.2 Å². The molecule has 1 aromatic rings. The Kier molecular flexibility index (Phi) is 2.42. The van der Waals surface area contributed by atoms with Crippen molar-refractivity contribution < 1.29 is 9.59 Å². The lowest BCUT2D eigenvalue weighted by molar-refractivity contribution is -0.122. The van der Waals surface area contributed by atoms with Gasteiger partial charge in [0.05, 0.1) is 5.41 Å². The van der Waals surface area contributed by atoms with Crippen molar-refractivity contribution in [2.45, 2.75) is 18.8 Å². The highest BCUT2D eigenvalue weighted by atomic mass is 16.2. The van der Waals surface area contributed by atoms with Crippen molar-refractivity contribution in [1.82, 2.24) is 0 Å². The van der Waals surface area contributed by atoms with Crippen molar-refractivity contribution in [2.75, 3.05) is 17.7 Å². The number of rotatable bonds is 3. The zero-order valence-corrected chi connectivity index (χ0v) is 9.33. The van der Waals surface area contributed by atoms with Gasteiger partial charge in [0, 0.05) is 30.4 Å². The first-order valence-corrected chi connectivity index (χ1v) is 5.20. The normalized spacial score (nSPS) is 22.5. The lowest BCUT2D eigenvalue weighted by atomic mass is 9.80. The Bertz CT molecular complexity index is 456. The molecular formula is C12H14N2O2. The summed E-state index contributed by atoms with van der Waals surface area (Å²) < 4.78 is 0. The molecule has 0 radical (unpaired) electrons. The first-order chi connectivity index (χ1) is 7.63. The molecule has 1 aromatic carbocycles. The van der Waals surface area contributed by atoms with Gasteiger partial charge >= 0.3 is 0 Å². The SMILES string of the molecule is CNc1cccc2c1C(C)(CC=O)C(=O)N2. The first-order valence-electron chi connectivity index (χ1n) is 5.20. The maximum Gasteiger partial charge on any atom is 0.235 e. The quantitative estimate of drug-likeness (QED) is 0.756. The molecule has 16 heavy (non-hydrogen) atoms. The molecule has 1 aliphatic heterocycles. The van der Waals surface area contributed by atoms with E-state index in [4.69, 9.17) is 0 Å². The molecule has 0 aliphatic carbocycles. The molecule has 0 saturated heterocycles. The summed E-state index contributed by atoms with van der Waals surface area (Å²) in [6.07, 6.45) is 0.992. The molecule has 0 aromatic heterocycles. The maximum absolute atomic E-state index is 11.9. The number of hydrogen-bond acceptors (Lipinski definition) is 3. The molecule has 1 unspecified atom stereocenters. The lowest BCUT2D eigenvalue weighted by Gasteiger charge is -2.21. The third-order valence-electron chi connectivity index (χ3n) is 3.13. The van der Waals surface area contributed by atoms with E-state index in [2.05, 4.69) is 10.6 Å². The Morgan fingerprint density at radius 1 is 1.50 bits per heavy atom. The van der Waals surface area contributed by atoms with Gasteiger partial charge in [-0.2, -0.15) is 0 Å². The van der Waals surface area contributed by atoms with Crippen LogP contribution in [-0.2, 0) is 15.0 Å². The molecule has 0 bridgehead atoms. The van der Waals surface area contributed by atoms with Crippen molar-refractivity contribution in [3.63, 3.8) is 0 Å². The minimum absolute atomic E-state index is 0.114. The van der Waals surface area contributed by atoms with Gasteiger partial charge in [-0.25, -0.2) is 0 Å². The number of benzene rings is 1. The van der Waals surface area contributed by atoms with E-state index in [0.717, 1.165) is 23.2 Å². The molecule has 0 fully saturated rings. The summed E-state index contributed by atoms with van der Waals surface area (Å²) in [5, 5.41) is 5.86. The van der Waals surface area contributed by atoms with Gasteiger partial charge in [-0.15, -0.1) is 0 Å². The molecule has 1 atom stereocenters. The van der Waals surface area contributed by atoms with Crippen LogP contribution in [0.4, 0.5) is 11.4 Å². The smallest absolute Gasteiger partial charge is 0.235 e. The molecule has 2 N–H and O–H groups in total. The standard InChI is InChI=1S/C12H14N2O2/c1-12(6-7-15)10-8(13-2)4-3-5-9(10)14-11(12)16/h3-5,7,13H,6H2,1-2H3,(H,14,16). The fourth-order valence-electron chi connectivity index (χ4n) is 2.19. The van der Waals surface area contributed by atoms with Crippen LogP contribution >= 0.6 is 0 Å². The van der Waals surface area contributed by atoms with Crippen LogP contribution in [0.1, 0.15) is 18.9 Å². The summed E-state index contributed by atoms with van der Waals surface area (Å²) in [7, 11) is 1.81. The molecule has 1 aliphatic rings. The summed E-state index contributed by atoms with van der Waals surface area (Å²) in [4.78, 5) is 22.6. The van der Waals surface area contributed by atoms with Crippen LogP contribution in [-0.4, -0.2) is 19.2 Å². The number of hydrogen-bond donors (Lipinski definition) is 2. The van der Waals surface area contributed by atoms with Gasteiger partial charge < -0.3 is 15.4 Å². The molecule has 2 rings (SSSR count). The van der Waals surface area contributed by atoms with E-state index in [-0.39, 0.29) is 12.3 Å². The Balaban J connectivity index is 2.62. The van der Waals surface area contributed by atoms with E-state index >= 15 is 0 Å². The third kappa shape index (κ3) is 1.30. The number of carbonyl (C=O) groups excluding carboxylic acids is 2. The third-order valence-corrected chi connectivity index (χ3v) is 3.13. The fraction of sp³-hybridized carbons (Fsp3) is 0.333. The van der Waals surface area contributed by atoms with Crippen LogP contribution in [0.25, 0.3) is 0 Å². The number of anilines is 2. The van der Waals surface area contributed by atoms with Crippen LogP contribution < -0.4 is 10.6 Å². The van der Waals surface area contributed by atoms with Crippen molar-refractivity contribution >= 4 is 23.6 Å². The topological polar surface area (TPSA) is 58.2 Å². The van der Waals surface area contributed by atoms with Gasteiger partial charge in [0.2, 0.25) is 5.91 Å². The molecule has 1 heterocycles. The van der Waals surface area contributed by atoms with E-state index in [1.54, 1.807) is 14.0 Å². The summed E-state index contributed by atoms with van der Waals surface area (Å²) >= 11 is 0. The van der Waals surface area contributed by atoms with Gasteiger partial charge in [-0.3, -0.25) is 4.79 Å². The molecular weight excluding hydrogens is 204 g/mol. The number of aldehydes is 1. The Labute approximate surface area is 94.0 Å². The summed E-state index contributed by atoms with van der Waals surface area (Å²) in [5.74, 6) is -0.114. The van der Waals surface area contributed by atoms with E-state index in [9.17, 15) is 9.59 Å². The summed E-state index contributed by atoms with van der Waals surface area (Å²) in [5.41, 5.74) is 1.81. The number of carbonyl (C=O) groups is 2. The minimum Gasteiger partial charge on any atom is -0.388 e. The van der Waals surface area contributed by atoms with Crippen LogP contribution in [0.5, 0.6) is 0 Å². The second kappa shape index (κ2) is 3.63. The van der Waals surface area contributed by atoms with E-state index in [0.29, 0.717) is 0 Å². The predicted molar refractivity (Wildman–Crippen MR) is 62.7 cm³/mol. The van der Waals surface area contributed by atoms with E-state index in [1.165, 1.54) is 0 Å². The molecule has 0 saturated carbocycles. The Morgan fingerprint density at radius 3 is 2.88 bits per heavy atom. The number of nitrogens with one attached hydrogen (secondary N) is 2. The molecule has 0 spiro atoms. The van der Waals surface area contributed by atoms with Crippen molar-refractivity contribution in [1.29, 1.82) is 0 Å². The fourth-order valence-corrected chi connectivity index (χ4v) is 2.19. The largest absolute Gasteiger partial charge is 0.388 e. The van der Waals surface area contributed by atoms with Crippen LogP contribution in [0.2, 0.25) is 0 Å². The van der Waals surface area contributed by atoms with Crippen molar-refractivity contribution in [3.8, 4) is 0 Å². The monoisotopic (exact) mass is 218 g/mol. The zero-order chi connectivity index (χ0) is 11.8. The maximum atomic E-state index is 11.9. The lowest BCUT2D eigenvalue weighted by Crippen LogP contribution is -2.31. The highest BCUT2D eigenvalue weighted by Gasteiger charge is 2.43. The van der Waals surface area contributed by atoms with Gasteiger partial charge in [0.25, 0.3) is 0 Å². The summed E-state index contributed by atoms with van der Waals surface area (Å²) in [6, 6.07) is 5.63. The van der Waals surface area contributed by atoms with Gasteiger partial charge in [0.1, 0.15) is 6.29 Å². The Morgan fingerprint density at radius 2 is 2.25 bits per heavy atom. The number of amides is 1. The minimum atomic E-state index is -0.753. The highest BCUT2D eigenvalue weighted by Crippen LogP contribution is 2.43. The second-order valence-corrected chi connectivity index (χ2v) is 4.14. The molecule has 4 heteroatoms. The Hall–Kier alpha value is -1.84. The van der Waals surface area contributed by atoms with Crippen LogP contribution in [0.15, 0.2) is 18.2 Å². The van der Waals surface area contributed by atoms with Crippen molar-refractivity contribution in [2.24, 2.45) is 0 Å². The molecule has 1 amide bonds. The van der Waals surface area contributed by atoms with Gasteiger partial charge in [-0.1, -0.05) is 6.07 Å². The highest BCUT2D eigenvalue weighted by molar-refractivity contribution is 6.08. The molecule has 4 nitrogen and oxygen atoms in total. The average Bonchev–Trinajstić information content (AvgIpc) is 2.52. The van der Waals surface area contributed by atoms with Crippen LogP contribution in [0.3, 0.4) is 0 Å². The van der Waals surface area contributed by atoms with Gasteiger partial charge in [0.15, 0.2) is 0 Å².